The molecule has 3 heterocycles. The standard InChI is InChI=1S/C18H24N4O.C7H7FO.C2H5NO2.C2H6/c23-18(20-14-6-2-1-3-7-14)16-13-19-22-11-8-15(12-17(16)22)21-9-4-5-10-21;1-9-7-4-2-6(8)3-5-7;1-5-3-2-4;1-2/h8,11-14H,1-7,9-10H2,(H,20,23);2-5H,1H3;2H,1H3,(H,3,4);1-2H3. The van der Waals surface area contributed by atoms with Crippen LogP contribution >= 0.6 is 0 Å². The quantitative estimate of drug-likeness (QED) is 0.330. The number of hydroxylamine groups is 1. The van der Waals surface area contributed by atoms with Crippen molar-refractivity contribution in [2.45, 2.75) is 64.8 Å². The van der Waals surface area contributed by atoms with Gasteiger partial charge in [0.05, 0.1) is 31.5 Å². The van der Waals surface area contributed by atoms with Gasteiger partial charge in [-0.2, -0.15) is 5.10 Å². The molecule has 0 unspecified atom stereocenters. The van der Waals surface area contributed by atoms with E-state index < -0.39 is 0 Å². The number of ether oxygens (including phenoxy) is 1. The van der Waals surface area contributed by atoms with Gasteiger partial charge in [0.25, 0.3) is 5.91 Å². The van der Waals surface area contributed by atoms with Crippen LogP contribution in [0.3, 0.4) is 0 Å². The third-order valence-corrected chi connectivity index (χ3v) is 6.38. The summed E-state index contributed by atoms with van der Waals surface area (Å²) in [5.41, 5.74) is 4.72. The molecule has 9 nitrogen and oxygen atoms in total. The average Bonchev–Trinajstić information content (AvgIpc) is 3.67. The number of hydrogen-bond donors (Lipinski definition) is 2. The van der Waals surface area contributed by atoms with Gasteiger partial charge >= 0.3 is 0 Å². The molecule has 2 aromatic heterocycles. The predicted octanol–water partition coefficient (Wildman–Crippen LogP) is 5.15. The van der Waals surface area contributed by atoms with Crippen molar-refractivity contribution in [3.63, 3.8) is 0 Å². The summed E-state index contributed by atoms with van der Waals surface area (Å²) < 4.78 is 18.8. The van der Waals surface area contributed by atoms with E-state index in [9.17, 15) is 9.18 Å². The van der Waals surface area contributed by atoms with Crippen molar-refractivity contribution in [3.8, 4) is 5.75 Å². The SMILES string of the molecule is CC.CONC=O.COc1ccc(F)cc1.O=C(NC1CCCCC1)c1cnn2ccc(N3CCCC3)cc12. The second-order valence-corrected chi connectivity index (χ2v) is 8.87. The minimum atomic E-state index is -0.240. The molecule has 0 spiro atoms. The fourth-order valence-corrected chi connectivity index (χ4v) is 4.45. The number of pyridine rings is 1. The van der Waals surface area contributed by atoms with Gasteiger partial charge in [0.15, 0.2) is 0 Å². The highest BCUT2D eigenvalue weighted by Gasteiger charge is 2.20. The molecule has 1 saturated carbocycles. The number of fused-ring (bicyclic) bond motifs is 1. The monoisotopic (exact) mass is 543 g/mol. The third-order valence-electron chi connectivity index (χ3n) is 6.38. The highest BCUT2D eigenvalue weighted by atomic mass is 19.1. The van der Waals surface area contributed by atoms with Gasteiger partial charge in [-0.1, -0.05) is 33.1 Å². The number of hydrogen-bond acceptors (Lipinski definition) is 6. The number of aromatic nitrogens is 2. The first-order valence-corrected chi connectivity index (χ1v) is 13.6. The molecular weight excluding hydrogens is 501 g/mol. The highest BCUT2D eigenvalue weighted by molar-refractivity contribution is 6.01. The summed E-state index contributed by atoms with van der Waals surface area (Å²) in [5.74, 6) is 0.456. The zero-order chi connectivity index (χ0) is 28.5. The van der Waals surface area contributed by atoms with Crippen LogP contribution in [-0.4, -0.2) is 55.3 Å². The van der Waals surface area contributed by atoms with Crippen LogP contribution < -0.4 is 20.4 Å². The van der Waals surface area contributed by atoms with Crippen molar-refractivity contribution in [2.75, 3.05) is 32.2 Å². The van der Waals surface area contributed by atoms with E-state index in [1.54, 1.807) is 30.0 Å². The Morgan fingerprint density at radius 3 is 2.26 bits per heavy atom. The molecule has 10 heteroatoms. The Balaban J connectivity index is 0.000000276. The second-order valence-electron chi connectivity index (χ2n) is 8.87. The maximum atomic E-state index is 12.6. The van der Waals surface area contributed by atoms with Crippen molar-refractivity contribution in [2.24, 2.45) is 0 Å². The molecule has 0 radical (unpaired) electrons. The van der Waals surface area contributed by atoms with Gasteiger partial charge in [0.2, 0.25) is 6.41 Å². The second kappa shape index (κ2) is 17.8. The van der Waals surface area contributed by atoms with Gasteiger partial charge in [0.1, 0.15) is 11.6 Å². The maximum Gasteiger partial charge on any atom is 0.255 e. The number of nitrogens with one attached hydrogen (secondary N) is 2. The molecule has 2 aliphatic rings. The number of carbonyl (C=O) groups is 2. The van der Waals surface area contributed by atoms with Crippen molar-refractivity contribution >= 4 is 23.5 Å². The van der Waals surface area contributed by atoms with E-state index in [-0.39, 0.29) is 11.7 Å². The lowest BCUT2D eigenvalue weighted by Gasteiger charge is -2.22. The van der Waals surface area contributed by atoms with E-state index in [0.29, 0.717) is 23.8 Å². The van der Waals surface area contributed by atoms with Crippen LogP contribution in [0.1, 0.15) is 69.2 Å². The molecule has 2 amide bonds. The summed E-state index contributed by atoms with van der Waals surface area (Å²) in [6.45, 7) is 6.21. The number of rotatable bonds is 6. The molecule has 214 valence electrons. The molecule has 0 atom stereocenters. The Bertz CT molecular complexity index is 1110. The fourth-order valence-electron chi connectivity index (χ4n) is 4.45. The van der Waals surface area contributed by atoms with Crippen molar-refractivity contribution in [3.05, 3.63) is 60.2 Å². The van der Waals surface area contributed by atoms with E-state index in [4.69, 9.17) is 9.53 Å². The predicted molar refractivity (Wildman–Crippen MR) is 151 cm³/mol. The van der Waals surface area contributed by atoms with Crippen LogP contribution in [0.25, 0.3) is 5.52 Å². The van der Waals surface area contributed by atoms with Crippen LogP contribution in [-0.2, 0) is 9.63 Å². The molecule has 5 rings (SSSR count). The molecule has 2 N–H and O–H groups in total. The molecule has 3 aromatic rings. The third kappa shape index (κ3) is 10.2. The topological polar surface area (TPSA) is 97.2 Å². The summed E-state index contributed by atoms with van der Waals surface area (Å²) in [6, 6.07) is 10.4. The van der Waals surface area contributed by atoms with Crippen LogP contribution in [0.15, 0.2) is 48.8 Å². The summed E-state index contributed by atoms with van der Waals surface area (Å²) in [7, 11) is 2.92. The number of amides is 2. The van der Waals surface area contributed by atoms with Gasteiger partial charge in [-0.3, -0.25) is 14.4 Å². The van der Waals surface area contributed by atoms with Crippen LogP contribution in [0.5, 0.6) is 5.75 Å². The largest absolute Gasteiger partial charge is 0.497 e. The summed E-state index contributed by atoms with van der Waals surface area (Å²) in [5, 5.41) is 7.53. The summed E-state index contributed by atoms with van der Waals surface area (Å²) in [6.07, 6.45) is 12.6. The Hall–Kier alpha value is -3.66. The number of methoxy groups -OCH3 is 1. The zero-order valence-electron chi connectivity index (χ0n) is 23.5. The molecule has 1 aliphatic carbocycles. The summed E-state index contributed by atoms with van der Waals surface area (Å²) >= 11 is 0. The number of halogens is 1. The Labute approximate surface area is 230 Å². The Kier molecular flexibility index (Phi) is 14.4. The normalized spacial score (nSPS) is 14.5. The lowest BCUT2D eigenvalue weighted by Crippen LogP contribution is -2.36. The van der Waals surface area contributed by atoms with Gasteiger partial charge in [-0.25, -0.2) is 14.4 Å². The molecule has 39 heavy (non-hydrogen) atoms. The maximum absolute atomic E-state index is 12.6. The van der Waals surface area contributed by atoms with E-state index >= 15 is 0 Å². The van der Waals surface area contributed by atoms with Gasteiger partial charge in [-0.05, 0) is 62.1 Å². The van der Waals surface area contributed by atoms with E-state index in [1.165, 1.54) is 57.0 Å². The highest BCUT2D eigenvalue weighted by Crippen LogP contribution is 2.24. The summed E-state index contributed by atoms with van der Waals surface area (Å²) in [4.78, 5) is 28.3. The Morgan fingerprint density at radius 1 is 1.03 bits per heavy atom. The first kappa shape index (κ1) is 31.6. The first-order chi connectivity index (χ1) is 19.0. The lowest BCUT2D eigenvalue weighted by atomic mass is 9.95. The molecular formula is C29H42FN5O4. The minimum Gasteiger partial charge on any atom is -0.497 e. The van der Waals surface area contributed by atoms with Crippen molar-refractivity contribution in [1.82, 2.24) is 20.4 Å². The molecule has 0 bridgehead atoms. The van der Waals surface area contributed by atoms with Crippen LogP contribution in [0.4, 0.5) is 10.1 Å². The molecule has 2 fully saturated rings. The van der Waals surface area contributed by atoms with E-state index in [1.807, 2.05) is 25.5 Å². The number of nitrogens with zero attached hydrogens (tertiary/aromatic N) is 3. The van der Waals surface area contributed by atoms with Crippen LogP contribution in [0.2, 0.25) is 0 Å². The van der Waals surface area contributed by atoms with Crippen molar-refractivity contribution < 1.29 is 23.6 Å². The minimum absolute atomic E-state index is 0.0190. The molecule has 1 aliphatic heterocycles. The van der Waals surface area contributed by atoms with E-state index in [2.05, 4.69) is 32.3 Å². The molecule has 1 aromatic carbocycles. The van der Waals surface area contributed by atoms with Crippen LogP contribution in [0, 0.1) is 5.82 Å². The number of anilines is 1. The van der Waals surface area contributed by atoms with Gasteiger partial charge in [-0.15, -0.1) is 0 Å². The van der Waals surface area contributed by atoms with E-state index in [0.717, 1.165) is 31.4 Å². The average molecular weight is 544 g/mol. The Morgan fingerprint density at radius 2 is 1.69 bits per heavy atom. The van der Waals surface area contributed by atoms with Gasteiger partial charge in [0, 0.05) is 31.0 Å². The van der Waals surface area contributed by atoms with Gasteiger partial charge < -0.3 is 15.0 Å². The zero-order valence-corrected chi connectivity index (χ0v) is 23.5. The van der Waals surface area contributed by atoms with Crippen molar-refractivity contribution in [1.29, 1.82) is 0 Å². The smallest absolute Gasteiger partial charge is 0.255 e. The number of carbonyl (C=O) groups excluding carboxylic acids is 2. The first-order valence-electron chi connectivity index (χ1n) is 13.6. The lowest BCUT2D eigenvalue weighted by molar-refractivity contribution is -0.118. The molecule has 1 saturated heterocycles. The number of benzene rings is 1. The fraction of sp³-hybridized carbons (Fsp3) is 0.483.